The molecule has 0 atom stereocenters. The first-order valence-electron chi connectivity index (χ1n) is 11.5. The number of pyridine rings is 1. The smallest absolute Gasteiger partial charge is 0.229 e. The van der Waals surface area contributed by atoms with E-state index in [4.69, 9.17) is 5.41 Å². The fourth-order valence-electron chi connectivity index (χ4n) is 3.91. The minimum absolute atomic E-state index is 0.149. The Hall–Kier alpha value is -3.77. The van der Waals surface area contributed by atoms with Gasteiger partial charge in [0.05, 0.1) is 18.6 Å². The quantitative estimate of drug-likeness (QED) is 0.242. The van der Waals surface area contributed by atoms with E-state index in [-0.39, 0.29) is 16.9 Å². The molecule has 0 saturated carbocycles. The van der Waals surface area contributed by atoms with Gasteiger partial charge in [0.15, 0.2) is 5.82 Å². The number of benzene rings is 1. The maximum Gasteiger partial charge on any atom is 0.229 e. The zero-order valence-corrected chi connectivity index (χ0v) is 22.3. The van der Waals surface area contributed by atoms with Crippen molar-refractivity contribution in [2.24, 2.45) is 0 Å². The van der Waals surface area contributed by atoms with Gasteiger partial charge in [-0.25, -0.2) is 17.2 Å². The van der Waals surface area contributed by atoms with Crippen LogP contribution in [-0.4, -0.2) is 47.7 Å². The van der Waals surface area contributed by atoms with Crippen molar-refractivity contribution in [1.82, 2.24) is 20.1 Å². The van der Waals surface area contributed by atoms with Crippen LogP contribution in [0.2, 0.25) is 0 Å². The van der Waals surface area contributed by atoms with E-state index >= 15 is 0 Å². The molecule has 1 aromatic carbocycles. The Morgan fingerprint density at radius 3 is 2.66 bits per heavy atom. The molecule has 8 nitrogen and oxygen atoms in total. The minimum atomic E-state index is -3.66. The van der Waals surface area contributed by atoms with E-state index in [2.05, 4.69) is 26.4 Å². The van der Waals surface area contributed by atoms with Crippen LogP contribution >= 0.6 is 11.8 Å². The molecule has 0 amide bonds. The van der Waals surface area contributed by atoms with Crippen LogP contribution in [0.1, 0.15) is 17.5 Å². The number of allylic oxidation sites excluding steroid dienone is 4. The van der Waals surface area contributed by atoms with Gasteiger partial charge in [-0.15, -0.1) is 0 Å². The lowest BCUT2D eigenvalue weighted by Gasteiger charge is -2.16. The van der Waals surface area contributed by atoms with Crippen molar-refractivity contribution in [2.45, 2.75) is 13.0 Å². The number of aryl methyl sites for hydroxylation is 1. The molecule has 0 spiro atoms. The number of hydrogen-bond donors (Lipinski definition) is 3. The van der Waals surface area contributed by atoms with E-state index in [0.717, 1.165) is 48.5 Å². The molecular formula is C26H26F2N6O2S2. The van der Waals surface area contributed by atoms with Crippen LogP contribution in [0.5, 0.6) is 0 Å². The number of nitrogens with one attached hydrogen (secondary N) is 3. The van der Waals surface area contributed by atoms with Gasteiger partial charge in [-0.2, -0.15) is 16.9 Å². The maximum absolute atomic E-state index is 14.5. The highest BCUT2D eigenvalue weighted by atomic mass is 32.2. The van der Waals surface area contributed by atoms with Crippen LogP contribution < -0.4 is 10.0 Å². The molecule has 0 saturated heterocycles. The fraction of sp³-hybridized carbons (Fsp3) is 0.192. The monoisotopic (exact) mass is 556 g/mol. The average Bonchev–Trinajstić information content (AvgIpc) is 3.33. The summed E-state index contributed by atoms with van der Waals surface area (Å²) in [6, 6.07) is 5.21. The number of aromatic nitrogens is 3. The highest BCUT2D eigenvalue weighted by molar-refractivity contribution is 7.98. The summed E-state index contributed by atoms with van der Waals surface area (Å²) in [5, 5.41) is 15.7. The Morgan fingerprint density at radius 1 is 1.18 bits per heavy atom. The predicted molar refractivity (Wildman–Crippen MR) is 149 cm³/mol. The summed E-state index contributed by atoms with van der Waals surface area (Å²) in [6.07, 6.45) is 15.3. The number of rotatable bonds is 10. The van der Waals surface area contributed by atoms with Gasteiger partial charge in [0.2, 0.25) is 10.0 Å². The first kappa shape index (κ1) is 27.3. The standard InChI is InChI=1S/C26H26F2N6O2S2/c1-37-7-3-6-34-16-20(14-32-34)17-4-5-25(30-13-17)23(12-29)18-8-19(10-22(9-18)33-38(2,35)36)26-24(28)11-21(27)15-31-26/h4-5,8-16,29-30,33H,3,6-7H2,1-2H3/b25-23+,29-12?. The van der Waals surface area contributed by atoms with Gasteiger partial charge in [-0.05, 0) is 48.3 Å². The number of nitrogens with zero attached hydrogens (tertiary/aromatic N) is 3. The summed E-state index contributed by atoms with van der Waals surface area (Å²) in [5.41, 5.74) is 3.48. The molecule has 12 heteroatoms. The largest absolute Gasteiger partial charge is 0.361 e. The lowest BCUT2D eigenvalue weighted by Crippen LogP contribution is -2.12. The van der Waals surface area contributed by atoms with Gasteiger partial charge >= 0.3 is 0 Å². The Morgan fingerprint density at radius 2 is 2.00 bits per heavy atom. The van der Waals surface area contributed by atoms with Gasteiger partial charge in [-0.1, -0.05) is 6.08 Å². The molecule has 0 fully saturated rings. The topological polar surface area (TPSA) is 113 Å². The molecule has 1 aliphatic rings. The van der Waals surface area contributed by atoms with E-state index in [0.29, 0.717) is 22.9 Å². The minimum Gasteiger partial charge on any atom is -0.361 e. The summed E-state index contributed by atoms with van der Waals surface area (Å²) in [4.78, 5) is 3.84. The molecule has 198 valence electrons. The Bertz CT molecular complexity index is 1560. The van der Waals surface area contributed by atoms with Crippen molar-refractivity contribution in [3.8, 4) is 11.3 Å². The predicted octanol–water partition coefficient (Wildman–Crippen LogP) is 4.91. The number of halogens is 2. The molecule has 1 aliphatic heterocycles. The van der Waals surface area contributed by atoms with Crippen LogP contribution in [0.4, 0.5) is 14.5 Å². The van der Waals surface area contributed by atoms with Crippen molar-refractivity contribution in [3.05, 3.63) is 89.7 Å². The Balaban J connectivity index is 1.68. The van der Waals surface area contributed by atoms with Crippen LogP contribution in [0.25, 0.3) is 22.4 Å². The van der Waals surface area contributed by atoms with Gasteiger partial charge in [-0.3, -0.25) is 14.4 Å². The molecule has 38 heavy (non-hydrogen) atoms. The zero-order valence-electron chi connectivity index (χ0n) is 20.7. The summed E-state index contributed by atoms with van der Waals surface area (Å²) >= 11 is 1.80. The maximum atomic E-state index is 14.5. The van der Waals surface area contributed by atoms with Crippen molar-refractivity contribution in [1.29, 1.82) is 5.41 Å². The summed E-state index contributed by atoms with van der Waals surface area (Å²) in [5.74, 6) is -0.663. The SMILES string of the molecule is CSCCCn1cc(C2=CN/C(=C(\C=N)c3cc(NS(C)(=O)=O)cc(-c4ncc(F)cc4F)c3)C=C2)cn1. The molecule has 3 heterocycles. The van der Waals surface area contributed by atoms with E-state index in [1.54, 1.807) is 36.3 Å². The lowest BCUT2D eigenvalue weighted by atomic mass is 9.97. The molecule has 4 rings (SSSR count). The third-order valence-electron chi connectivity index (χ3n) is 5.58. The van der Waals surface area contributed by atoms with E-state index < -0.39 is 21.7 Å². The molecule has 0 bridgehead atoms. The number of anilines is 1. The number of sulfonamides is 1. The van der Waals surface area contributed by atoms with E-state index in [1.807, 2.05) is 17.0 Å². The van der Waals surface area contributed by atoms with Crippen molar-refractivity contribution < 1.29 is 17.2 Å². The van der Waals surface area contributed by atoms with Gasteiger partial charge in [0.25, 0.3) is 0 Å². The second-order valence-electron chi connectivity index (χ2n) is 8.54. The van der Waals surface area contributed by atoms with E-state index in [1.165, 1.54) is 12.1 Å². The Labute approximate surface area is 224 Å². The van der Waals surface area contributed by atoms with Crippen molar-refractivity contribution in [2.75, 3.05) is 23.0 Å². The summed E-state index contributed by atoms with van der Waals surface area (Å²) < 4.78 is 56.1. The normalized spacial score (nSPS) is 14.6. The Kier molecular flexibility index (Phi) is 8.42. The van der Waals surface area contributed by atoms with Gasteiger partial charge in [0.1, 0.15) is 11.5 Å². The third-order valence-corrected chi connectivity index (χ3v) is 6.88. The summed E-state index contributed by atoms with van der Waals surface area (Å²) in [7, 11) is -3.66. The second-order valence-corrected chi connectivity index (χ2v) is 11.3. The van der Waals surface area contributed by atoms with Crippen LogP contribution in [0, 0.1) is 17.0 Å². The second kappa shape index (κ2) is 11.7. The molecule has 0 radical (unpaired) electrons. The lowest BCUT2D eigenvalue weighted by molar-refractivity contribution is 0.576. The molecule has 0 aliphatic carbocycles. The molecular weight excluding hydrogens is 530 g/mol. The van der Waals surface area contributed by atoms with Crippen LogP contribution in [0.15, 0.2) is 66.9 Å². The summed E-state index contributed by atoms with van der Waals surface area (Å²) in [6.45, 7) is 0.831. The van der Waals surface area contributed by atoms with Crippen LogP contribution in [-0.2, 0) is 16.6 Å². The highest BCUT2D eigenvalue weighted by Gasteiger charge is 2.16. The number of hydrogen-bond acceptors (Lipinski definition) is 7. The first-order valence-corrected chi connectivity index (χ1v) is 14.8. The molecule has 0 unspecified atom stereocenters. The average molecular weight is 557 g/mol. The van der Waals surface area contributed by atoms with Crippen LogP contribution in [0.3, 0.4) is 0 Å². The van der Waals surface area contributed by atoms with Crippen molar-refractivity contribution >= 4 is 44.8 Å². The third kappa shape index (κ3) is 6.75. The fourth-order valence-corrected chi connectivity index (χ4v) is 4.88. The zero-order chi connectivity index (χ0) is 27.3. The molecule has 2 aromatic heterocycles. The number of dihydropyridines is 1. The van der Waals surface area contributed by atoms with E-state index in [9.17, 15) is 17.2 Å². The van der Waals surface area contributed by atoms with Gasteiger partial charge < -0.3 is 10.7 Å². The number of thioether (sulfide) groups is 1. The first-order chi connectivity index (χ1) is 18.2. The highest BCUT2D eigenvalue weighted by Crippen LogP contribution is 2.31. The molecule has 3 N–H and O–H groups in total. The van der Waals surface area contributed by atoms with Crippen molar-refractivity contribution in [3.63, 3.8) is 0 Å². The van der Waals surface area contributed by atoms with Gasteiger partial charge in [0, 0.05) is 64.9 Å². The molecule has 3 aromatic rings.